The molecule has 0 amide bonds. The minimum Gasteiger partial charge on any atom is -0.338 e. The molecule has 1 heterocycles. The molecule has 0 unspecified atom stereocenters. The third-order valence-electron chi connectivity index (χ3n) is 2.71. The maximum absolute atomic E-state index is 13.7. The SMILES string of the molecule is Fc1ccc(-c2nc3cc(Cl)c(Cl)cc3[nH]2)c(F)c1. The van der Waals surface area contributed by atoms with E-state index in [-0.39, 0.29) is 5.56 Å². The van der Waals surface area contributed by atoms with Crippen molar-refractivity contribution < 1.29 is 8.78 Å². The minimum absolute atomic E-state index is 0.185. The third-order valence-corrected chi connectivity index (χ3v) is 3.43. The van der Waals surface area contributed by atoms with Crippen LogP contribution in [-0.4, -0.2) is 9.97 Å². The van der Waals surface area contributed by atoms with Crippen LogP contribution >= 0.6 is 23.2 Å². The topological polar surface area (TPSA) is 28.7 Å². The third kappa shape index (κ3) is 2.17. The van der Waals surface area contributed by atoms with Crippen molar-refractivity contribution >= 4 is 34.2 Å². The Balaban J connectivity index is 2.20. The molecule has 19 heavy (non-hydrogen) atoms. The van der Waals surface area contributed by atoms with Crippen LogP contribution in [0.2, 0.25) is 10.0 Å². The highest BCUT2D eigenvalue weighted by Gasteiger charge is 2.12. The van der Waals surface area contributed by atoms with Crippen LogP contribution in [0.1, 0.15) is 0 Å². The average Bonchev–Trinajstić information content (AvgIpc) is 2.72. The highest BCUT2D eigenvalue weighted by atomic mass is 35.5. The zero-order valence-corrected chi connectivity index (χ0v) is 10.9. The Morgan fingerprint density at radius 3 is 2.47 bits per heavy atom. The summed E-state index contributed by atoms with van der Waals surface area (Å²) in [7, 11) is 0. The van der Waals surface area contributed by atoms with Crippen molar-refractivity contribution in [2.45, 2.75) is 0 Å². The molecule has 2 aromatic carbocycles. The fourth-order valence-corrected chi connectivity index (χ4v) is 2.14. The zero-order valence-electron chi connectivity index (χ0n) is 9.35. The smallest absolute Gasteiger partial charge is 0.141 e. The summed E-state index contributed by atoms with van der Waals surface area (Å²) in [6.07, 6.45) is 0. The monoisotopic (exact) mass is 298 g/mol. The van der Waals surface area contributed by atoms with Gasteiger partial charge in [0.2, 0.25) is 0 Å². The average molecular weight is 299 g/mol. The summed E-state index contributed by atoms with van der Waals surface area (Å²) in [4.78, 5) is 7.14. The Labute approximate surface area is 117 Å². The van der Waals surface area contributed by atoms with Crippen molar-refractivity contribution in [1.29, 1.82) is 0 Å². The molecule has 0 bridgehead atoms. The van der Waals surface area contributed by atoms with Crippen LogP contribution in [0.3, 0.4) is 0 Å². The van der Waals surface area contributed by atoms with Crippen LogP contribution in [0.15, 0.2) is 30.3 Å². The first-order chi connectivity index (χ1) is 9.04. The number of fused-ring (bicyclic) bond motifs is 1. The fraction of sp³-hybridized carbons (Fsp3) is 0. The number of hydrogen-bond acceptors (Lipinski definition) is 1. The summed E-state index contributed by atoms with van der Waals surface area (Å²) in [5.74, 6) is -1.02. The van der Waals surface area contributed by atoms with E-state index in [0.29, 0.717) is 26.9 Å². The van der Waals surface area contributed by atoms with Gasteiger partial charge in [0.25, 0.3) is 0 Å². The molecule has 0 radical (unpaired) electrons. The Morgan fingerprint density at radius 1 is 1.00 bits per heavy atom. The van der Waals surface area contributed by atoms with Crippen LogP contribution in [-0.2, 0) is 0 Å². The van der Waals surface area contributed by atoms with E-state index in [1.807, 2.05) is 0 Å². The molecule has 0 aliphatic carbocycles. The molecule has 0 atom stereocenters. The van der Waals surface area contributed by atoms with E-state index in [9.17, 15) is 8.78 Å². The van der Waals surface area contributed by atoms with E-state index < -0.39 is 11.6 Å². The normalized spacial score (nSPS) is 11.2. The van der Waals surface area contributed by atoms with E-state index >= 15 is 0 Å². The summed E-state index contributed by atoms with van der Waals surface area (Å²) in [6.45, 7) is 0. The molecule has 2 nitrogen and oxygen atoms in total. The second kappa shape index (κ2) is 4.47. The zero-order chi connectivity index (χ0) is 13.6. The van der Waals surface area contributed by atoms with Crippen molar-refractivity contribution in [2.24, 2.45) is 0 Å². The largest absolute Gasteiger partial charge is 0.338 e. The predicted molar refractivity (Wildman–Crippen MR) is 71.5 cm³/mol. The van der Waals surface area contributed by atoms with Crippen molar-refractivity contribution in [3.8, 4) is 11.4 Å². The van der Waals surface area contributed by atoms with Gasteiger partial charge in [0.15, 0.2) is 0 Å². The Morgan fingerprint density at radius 2 is 1.74 bits per heavy atom. The minimum atomic E-state index is -0.684. The van der Waals surface area contributed by atoms with Gasteiger partial charge in [-0.3, -0.25) is 0 Å². The molecular weight excluding hydrogens is 293 g/mol. The molecule has 0 aliphatic rings. The number of hydrogen-bond donors (Lipinski definition) is 1. The number of benzene rings is 2. The molecule has 0 saturated carbocycles. The quantitative estimate of drug-likeness (QED) is 0.686. The fourth-order valence-electron chi connectivity index (χ4n) is 1.81. The number of imidazole rings is 1. The first kappa shape index (κ1) is 12.4. The summed E-state index contributed by atoms with van der Waals surface area (Å²) in [6, 6.07) is 6.50. The van der Waals surface area contributed by atoms with Crippen molar-refractivity contribution in [3.63, 3.8) is 0 Å². The lowest BCUT2D eigenvalue weighted by molar-refractivity contribution is 0.585. The number of nitrogens with one attached hydrogen (secondary N) is 1. The van der Waals surface area contributed by atoms with Gasteiger partial charge in [0.1, 0.15) is 17.5 Å². The predicted octanol–water partition coefficient (Wildman–Crippen LogP) is 4.81. The van der Waals surface area contributed by atoms with Gasteiger partial charge in [0.05, 0.1) is 26.6 Å². The number of nitrogens with zero attached hydrogens (tertiary/aromatic N) is 1. The molecule has 0 fully saturated rings. The van der Waals surface area contributed by atoms with Crippen LogP contribution < -0.4 is 0 Å². The molecule has 0 spiro atoms. The maximum atomic E-state index is 13.7. The Hall–Kier alpha value is -1.65. The van der Waals surface area contributed by atoms with E-state index in [2.05, 4.69) is 9.97 Å². The summed E-state index contributed by atoms with van der Waals surface area (Å²) < 4.78 is 26.5. The lowest BCUT2D eigenvalue weighted by Gasteiger charge is -1.98. The van der Waals surface area contributed by atoms with Gasteiger partial charge in [-0.1, -0.05) is 23.2 Å². The number of aromatic nitrogens is 2. The maximum Gasteiger partial charge on any atom is 0.141 e. The summed E-state index contributed by atoms with van der Waals surface area (Å²) >= 11 is 11.8. The highest BCUT2D eigenvalue weighted by molar-refractivity contribution is 6.42. The molecule has 1 aromatic heterocycles. The molecule has 1 N–H and O–H groups in total. The molecule has 96 valence electrons. The standard InChI is InChI=1S/C13H6Cl2F2N2/c14-8-4-11-12(5-9(8)15)19-13(18-11)7-2-1-6(16)3-10(7)17/h1-5H,(H,18,19). The van der Waals surface area contributed by atoms with Gasteiger partial charge < -0.3 is 4.98 Å². The van der Waals surface area contributed by atoms with Gasteiger partial charge >= 0.3 is 0 Å². The van der Waals surface area contributed by atoms with Crippen molar-refractivity contribution in [3.05, 3.63) is 52.0 Å². The second-order valence-corrected chi connectivity index (χ2v) is 4.81. The van der Waals surface area contributed by atoms with Gasteiger partial charge in [-0.2, -0.15) is 0 Å². The first-order valence-corrected chi connectivity index (χ1v) is 6.10. The van der Waals surface area contributed by atoms with Crippen LogP contribution in [0.5, 0.6) is 0 Å². The Bertz CT molecular complexity index is 745. The van der Waals surface area contributed by atoms with Gasteiger partial charge in [-0.15, -0.1) is 0 Å². The lowest BCUT2D eigenvalue weighted by atomic mass is 10.2. The number of aromatic amines is 1. The van der Waals surface area contributed by atoms with E-state index in [1.165, 1.54) is 12.1 Å². The second-order valence-electron chi connectivity index (χ2n) is 3.99. The van der Waals surface area contributed by atoms with Gasteiger partial charge in [0, 0.05) is 6.07 Å². The molecule has 3 rings (SSSR count). The van der Waals surface area contributed by atoms with E-state index in [1.54, 1.807) is 12.1 Å². The summed E-state index contributed by atoms with van der Waals surface area (Å²) in [5, 5.41) is 0.746. The Kier molecular flexibility index (Phi) is 2.92. The molecule has 3 aromatic rings. The highest BCUT2D eigenvalue weighted by Crippen LogP contribution is 2.29. The van der Waals surface area contributed by atoms with Crippen LogP contribution in [0.4, 0.5) is 8.78 Å². The van der Waals surface area contributed by atoms with Crippen LogP contribution in [0.25, 0.3) is 22.4 Å². The molecule has 0 saturated heterocycles. The van der Waals surface area contributed by atoms with E-state index in [4.69, 9.17) is 23.2 Å². The van der Waals surface area contributed by atoms with Gasteiger partial charge in [-0.05, 0) is 24.3 Å². The number of H-pyrrole nitrogens is 1. The van der Waals surface area contributed by atoms with Crippen molar-refractivity contribution in [2.75, 3.05) is 0 Å². The first-order valence-electron chi connectivity index (χ1n) is 5.35. The van der Waals surface area contributed by atoms with Crippen LogP contribution in [0, 0.1) is 11.6 Å². The van der Waals surface area contributed by atoms with Gasteiger partial charge in [-0.25, -0.2) is 13.8 Å². The number of rotatable bonds is 1. The number of halogens is 4. The van der Waals surface area contributed by atoms with Crippen molar-refractivity contribution in [1.82, 2.24) is 9.97 Å². The molecular formula is C13H6Cl2F2N2. The van der Waals surface area contributed by atoms with E-state index in [0.717, 1.165) is 6.07 Å². The molecule has 6 heteroatoms. The molecule has 0 aliphatic heterocycles. The lowest BCUT2D eigenvalue weighted by Crippen LogP contribution is -1.87. The summed E-state index contributed by atoms with van der Waals surface area (Å²) in [5.41, 5.74) is 1.38.